The third kappa shape index (κ3) is 8.03. The molecule has 1 fully saturated rings. The van der Waals surface area contributed by atoms with Gasteiger partial charge in [0.2, 0.25) is 0 Å². The summed E-state index contributed by atoms with van der Waals surface area (Å²) in [5.74, 6) is 1.29. The molecule has 1 saturated heterocycles. The highest BCUT2D eigenvalue weighted by atomic mass is 32.2. The van der Waals surface area contributed by atoms with E-state index in [0.717, 1.165) is 11.8 Å². The molecule has 0 aromatic rings. The minimum absolute atomic E-state index is 0.166. The van der Waals surface area contributed by atoms with E-state index in [9.17, 15) is 5.11 Å². The molecule has 1 heterocycles. The van der Waals surface area contributed by atoms with Gasteiger partial charge in [-0.1, -0.05) is 6.42 Å². The topological polar surface area (TPSA) is 41.5 Å². The number of nitrogens with one attached hydrogen (secondary N) is 1. The van der Waals surface area contributed by atoms with Crippen molar-refractivity contribution in [3.8, 4) is 0 Å². The Balaban J connectivity index is 2.01. The van der Waals surface area contributed by atoms with Crippen molar-refractivity contribution in [3.63, 3.8) is 0 Å². The van der Waals surface area contributed by atoms with Crippen LogP contribution < -0.4 is 5.32 Å². The fraction of sp³-hybridized carbons (Fsp3) is 1.00. The smallest absolute Gasteiger partial charge is 0.0897 e. The lowest BCUT2D eigenvalue weighted by Gasteiger charge is -2.24. The first-order valence-electron chi connectivity index (χ1n) is 6.62. The molecule has 0 amide bonds. The fourth-order valence-corrected chi connectivity index (χ4v) is 3.06. The maximum absolute atomic E-state index is 9.75. The standard InChI is InChI=1S/C13H27NO2S/c1-13(2,3)16-10-11(15)8-14-9-12-6-4-5-7-17-12/h11-12,14-15H,4-10H2,1-3H3. The first-order chi connectivity index (χ1) is 7.97. The summed E-state index contributed by atoms with van der Waals surface area (Å²) in [5.41, 5.74) is -0.166. The van der Waals surface area contributed by atoms with Gasteiger partial charge >= 0.3 is 0 Å². The molecule has 2 N–H and O–H groups in total. The summed E-state index contributed by atoms with van der Waals surface area (Å²) in [5, 5.41) is 13.8. The van der Waals surface area contributed by atoms with Gasteiger partial charge in [-0.3, -0.25) is 0 Å². The van der Waals surface area contributed by atoms with E-state index in [2.05, 4.69) is 17.1 Å². The number of hydrogen-bond donors (Lipinski definition) is 2. The number of thioether (sulfide) groups is 1. The number of hydrogen-bond acceptors (Lipinski definition) is 4. The number of aliphatic hydroxyl groups is 1. The quantitative estimate of drug-likeness (QED) is 0.768. The van der Waals surface area contributed by atoms with E-state index < -0.39 is 6.10 Å². The van der Waals surface area contributed by atoms with Crippen LogP contribution >= 0.6 is 11.8 Å². The first kappa shape index (κ1) is 15.3. The van der Waals surface area contributed by atoms with Crippen LogP contribution in [0.1, 0.15) is 40.0 Å². The Kier molecular flexibility index (Phi) is 6.85. The molecule has 4 heteroatoms. The number of ether oxygens (including phenoxy) is 1. The summed E-state index contributed by atoms with van der Waals surface area (Å²) in [6.45, 7) is 8.07. The van der Waals surface area contributed by atoms with E-state index >= 15 is 0 Å². The number of rotatable bonds is 6. The van der Waals surface area contributed by atoms with E-state index in [1.807, 2.05) is 20.8 Å². The van der Waals surface area contributed by atoms with Gasteiger partial charge in [-0.05, 0) is 39.4 Å². The summed E-state index contributed by atoms with van der Waals surface area (Å²) >= 11 is 2.06. The van der Waals surface area contributed by atoms with Crippen LogP contribution in [0.4, 0.5) is 0 Å². The van der Waals surface area contributed by atoms with Gasteiger partial charge in [0.1, 0.15) is 0 Å². The van der Waals surface area contributed by atoms with E-state index in [-0.39, 0.29) is 5.60 Å². The molecule has 1 aliphatic rings. The molecule has 0 spiro atoms. The minimum Gasteiger partial charge on any atom is -0.389 e. The van der Waals surface area contributed by atoms with Gasteiger partial charge in [0, 0.05) is 18.3 Å². The molecule has 0 saturated carbocycles. The Labute approximate surface area is 110 Å². The largest absolute Gasteiger partial charge is 0.389 e. The molecule has 102 valence electrons. The van der Waals surface area contributed by atoms with Gasteiger partial charge in [0.15, 0.2) is 0 Å². The molecular weight excluding hydrogens is 234 g/mol. The molecule has 0 aromatic heterocycles. The van der Waals surface area contributed by atoms with Gasteiger partial charge in [-0.15, -0.1) is 0 Å². The molecule has 0 radical (unpaired) electrons. The van der Waals surface area contributed by atoms with Crippen LogP contribution in [0.25, 0.3) is 0 Å². The van der Waals surface area contributed by atoms with E-state index in [4.69, 9.17) is 4.74 Å². The minimum atomic E-state index is -0.400. The second-order valence-corrected chi connectivity index (χ2v) is 7.13. The predicted molar refractivity (Wildman–Crippen MR) is 74.7 cm³/mol. The molecule has 2 unspecified atom stereocenters. The lowest BCUT2D eigenvalue weighted by Crippen LogP contribution is -2.36. The maximum Gasteiger partial charge on any atom is 0.0897 e. The Morgan fingerprint density at radius 3 is 2.76 bits per heavy atom. The monoisotopic (exact) mass is 261 g/mol. The molecule has 2 atom stereocenters. The normalized spacial score (nSPS) is 23.6. The third-order valence-corrected chi connectivity index (χ3v) is 4.13. The molecule has 0 bridgehead atoms. The van der Waals surface area contributed by atoms with E-state index in [1.54, 1.807) is 0 Å². The number of aliphatic hydroxyl groups excluding tert-OH is 1. The Hall–Kier alpha value is 0.230. The average Bonchev–Trinajstić information content (AvgIpc) is 2.27. The molecular formula is C13H27NO2S. The molecule has 3 nitrogen and oxygen atoms in total. The zero-order chi connectivity index (χ0) is 12.7. The van der Waals surface area contributed by atoms with Crippen molar-refractivity contribution in [2.75, 3.05) is 25.4 Å². The lowest BCUT2D eigenvalue weighted by atomic mass is 10.2. The van der Waals surface area contributed by atoms with Crippen molar-refractivity contribution >= 4 is 11.8 Å². The summed E-state index contributed by atoms with van der Waals surface area (Å²) in [6.07, 6.45) is 3.63. The summed E-state index contributed by atoms with van der Waals surface area (Å²) in [4.78, 5) is 0. The second kappa shape index (κ2) is 7.62. The summed E-state index contributed by atoms with van der Waals surface area (Å²) in [7, 11) is 0. The van der Waals surface area contributed by atoms with Gasteiger partial charge in [-0.2, -0.15) is 11.8 Å². The van der Waals surface area contributed by atoms with Crippen molar-refractivity contribution in [1.29, 1.82) is 0 Å². The van der Waals surface area contributed by atoms with Crippen molar-refractivity contribution in [1.82, 2.24) is 5.32 Å². The average molecular weight is 261 g/mol. The van der Waals surface area contributed by atoms with E-state index in [0.29, 0.717) is 13.2 Å². The summed E-state index contributed by atoms with van der Waals surface area (Å²) in [6, 6.07) is 0. The highest BCUT2D eigenvalue weighted by molar-refractivity contribution is 7.99. The van der Waals surface area contributed by atoms with Gasteiger partial charge in [0.25, 0.3) is 0 Å². The Morgan fingerprint density at radius 2 is 2.18 bits per heavy atom. The van der Waals surface area contributed by atoms with Crippen molar-refractivity contribution < 1.29 is 9.84 Å². The van der Waals surface area contributed by atoms with Crippen LogP contribution in [-0.4, -0.2) is 47.5 Å². The van der Waals surface area contributed by atoms with Gasteiger partial charge in [-0.25, -0.2) is 0 Å². The Bertz CT molecular complexity index is 200. The summed E-state index contributed by atoms with van der Waals surface area (Å²) < 4.78 is 5.54. The van der Waals surface area contributed by atoms with Gasteiger partial charge in [0.05, 0.1) is 18.3 Å². The highest BCUT2D eigenvalue weighted by Gasteiger charge is 2.15. The van der Waals surface area contributed by atoms with E-state index in [1.165, 1.54) is 25.0 Å². The maximum atomic E-state index is 9.75. The second-order valence-electron chi connectivity index (χ2n) is 5.72. The first-order valence-corrected chi connectivity index (χ1v) is 7.66. The van der Waals surface area contributed by atoms with Crippen LogP contribution in [-0.2, 0) is 4.74 Å². The molecule has 1 aliphatic heterocycles. The van der Waals surface area contributed by atoms with Crippen LogP contribution in [0, 0.1) is 0 Å². The molecule has 0 aliphatic carbocycles. The third-order valence-electron chi connectivity index (χ3n) is 2.73. The molecule has 17 heavy (non-hydrogen) atoms. The van der Waals surface area contributed by atoms with Crippen LogP contribution in [0.5, 0.6) is 0 Å². The van der Waals surface area contributed by atoms with Crippen molar-refractivity contribution in [2.45, 2.75) is 57.0 Å². The van der Waals surface area contributed by atoms with Crippen molar-refractivity contribution in [3.05, 3.63) is 0 Å². The predicted octanol–water partition coefficient (Wildman–Crippen LogP) is 2.04. The zero-order valence-electron chi connectivity index (χ0n) is 11.4. The molecule has 0 aromatic carbocycles. The SMILES string of the molecule is CC(C)(C)OCC(O)CNCC1CCCCS1. The highest BCUT2D eigenvalue weighted by Crippen LogP contribution is 2.24. The molecule has 1 rings (SSSR count). The lowest BCUT2D eigenvalue weighted by molar-refractivity contribution is -0.0478. The van der Waals surface area contributed by atoms with Crippen LogP contribution in [0.3, 0.4) is 0 Å². The fourth-order valence-electron chi connectivity index (χ4n) is 1.78. The zero-order valence-corrected chi connectivity index (χ0v) is 12.2. The Morgan fingerprint density at radius 1 is 1.41 bits per heavy atom. The van der Waals surface area contributed by atoms with Gasteiger partial charge < -0.3 is 15.2 Å². The van der Waals surface area contributed by atoms with Crippen LogP contribution in [0.2, 0.25) is 0 Å². The van der Waals surface area contributed by atoms with Crippen molar-refractivity contribution in [2.24, 2.45) is 0 Å². The van der Waals surface area contributed by atoms with Crippen LogP contribution in [0.15, 0.2) is 0 Å².